The van der Waals surface area contributed by atoms with Crippen molar-refractivity contribution in [1.29, 1.82) is 0 Å². The highest BCUT2D eigenvalue weighted by Gasteiger charge is 2.26. The number of thiophene rings is 1. The number of ether oxygens (including phenoxy) is 1. The third-order valence-electron chi connectivity index (χ3n) is 5.60. The lowest BCUT2D eigenvalue weighted by Gasteiger charge is -2.37. The molecule has 1 saturated heterocycles. The van der Waals surface area contributed by atoms with Gasteiger partial charge in [-0.3, -0.25) is 4.72 Å². The Morgan fingerprint density at radius 3 is 2.24 bits per heavy atom. The summed E-state index contributed by atoms with van der Waals surface area (Å²) in [4.78, 5) is 13.8. The van der Waals surface area contributed by atoms with Gasteiger partial charge in [0.05, 0.1) is 27.6 Å². The monoisotopic (exact) mass is 559 g/mol. The number of nitrogens with one attached hydrogen (secondary N) is 1. The van der Waals surface area contributed by atoms with Crippen LogP contribution in [0.1, 0.15) is 0 Å². The minimum Gasteiger partial charge on any atom is -0.495 e. The maximum Gasteiger partial charge on any atom is 0.272 e. The van der Waals surface area contributed by atoms with Crippen molar-refractivity contribution in [2.45, 2.75) is 4.21 Å². The highest BCUT2D eigenvalue weighted by atomic mass is 79.9. The number of piperazine rings is 1. The van der Waals surface area contributed by atoms with E-state index in [2.05, 4.69) is 35.4 Å². The van der Waals surface area contributed by atoms with Gasteiger partial charge < -0.3 is 14.5 Å². The summed E-state index contributed by atoms with van der Waals surface area (Å²) in [6.45, 7) is 2.78. The highest BCUT2D eigenvalue weighted by Crippen LogP contribution is 2.33. The van der Waals surface area contributed by atoms with Gasteiger partial charge in [0, 0.05) is 26.2 Å². The Morgan fingerprint density at radius 1 is 0.912 bits per heavy atom. The molecule has 0 atom stereocenters. The molecule has 11 heteroatoms. The zero-order chi connectivity index (χ0) is 23.7. The first-order chi connectivity index (χ1) is 16.4. The maximum absolute atomic E-state index is 13.1. The van der Waals surface area contributed by atoms with Crippen LogP contribution >= 0.6 is 27.3 Å². The molecule has 1 fully saturated rings. The van der Waals surface area contributed by atoms with Crippen LogP contribution in [0, 0.1) is 0 Å². The van der Waals surface area contributed by atoms with Crippen molar-refractivity contribution >= 4 is 65.6 Å². The van der Waals surface area contributed by atoms with E-state index in [0.29, 0.717) is 29.9 Å². The number of nitrogens with zero attached hydrogens (tertiary/aromatic N) is 4. The molecule has 0 aliphatic carbocycles. The predicted molar refractivity (Wildman–Crippen MR) is 140 cm³/mol. The van der Waals surface area contributed by atoms with Gasteiger partial charge in [0.15, 0.2) is 11.6 Å². The molecule has 0 spiro atoms. The van der Waals surface area contributed by atoms with Crippen molar-refractivity contribution in [3.8, 4) is 5.75 Å². The molecule has 0 bridgehead atoms. The quantitative estimate of drug-likeness (QED) is 0.369. The zero-order valence-electron chi connectivity index (χ0n) is 18.3. The number of benzene rings is 2. The van der Waals surface area contributed by atoms with Crippen molar-refractivity contribution in [3.63, 3.8) is 0 Å². The van der Waals surface area contributed by atoms with Crippen LogP contribution in [0.5, 0.6) is 5.75 Å². The molecule has 176 valence electrons. The number of anilines is 3. The van der Waals surface area contributed by atoms with Gasteiger partial charge in [0.1, 0.15) is 9.96 Å². The summed E-state index contributed by atoms with van der Waals surface area (Å²) >= 11 is 4.48. The first kappa shape index (κ1) is 22.9. The van der Waals surface area contributed by atoms with E-state index in [1.54, 1.807) is 19.2 Å². The van der Waals surface area contributed by atoms with Crippen LogP contribution in [0.15, 0.2) is 68.7 Å². The van der Waals surface area contributed by atoms with E-state index in [0.717, 1.165) is 39.6 Å². The Labute approximate surface area is 210 Å². The molecule has 5 rings (SSSR count). The second-order valence-corrected chi connectivity index (χ2v) is 12.1. The van der Waals surface area contributed by atoms with Crippen molar-refractivity contribution in [2.75, 3.05) is 47.8 Å². The standard InChI is InChI=1S/C23H22BrN5O3S2/c1-32-19-9-5-4-8-18(19)28-12-14-29(15-13-28)23-22(25-16-6-2-3-7-17(16)26-23)27-34(30,31)21-11-10-20(24)33-21/h2-11H,12-15H2,1H3,(H,25,27). The molecular weight excluding hydrogens is 538 g/mol. The van der Waals surface area contributed by atoms with Crippen molar-refractivity contribution in [2.24, 2.45) is 0 Å². The van der Waals surface area contributed by atoms with E-state index in [-0.39, 0.29) is 10.0 Å². The third-order valence-corrected chi connectivity index (χ3v) is 9.06. The lowest BCUT2D eigenvalue weighted by molar-refractivity contribution is 0.413. The van der Waals surface area contributed by atoms with Crippen LogP contribution in [-0.4, -0.2) is 51.7 Å². The number of hydrogen-bond donors (Lipinski definition) is 1. The molecule has 0 unspecified atom stereocenters. The maximum atomic E-state index is 13.1. The minimum atomic E-state index is -3.80. The third kappa shape index (κ3) is 4.55. The van der Waals surface area contributed by atoms with Gasteiger partial charge in [-0.05, 0) is 52.3 Å². The molecule has 0 saturated carbocycles. The van der Waals surface area contributed by atoms with E-state index in [9.17, 15) is 8.42 Å². The Balaban J connectivity index is 1.46. The van der Waals surface area contributed by atoms with Gasteiger partial charge in [-0.15, -0.1) is 11.3 Å². The minimum absolute atomic E-state index is 0.210. The molecule has 2 aromatic heterocycles. The van der Waals surface area contributed by atoms with E-state index in [1.165, 1.54) is 0 Å². The molecule has 2 aromatic carbocycles. The summed E-state index contributed by atoms with van der Waals surface area (Å²) in [7, 11) is -2.13. The summed E-state index contributed by atoms with van der Waals surface area (Å²) in [5.74, 6) is 1.59. The van der Waals surface area contributed by atoms with Crippen molar-refractivity contribution in [3.05, 3.63) is 64.5 Å². The average Bonchev–Trinajstić information content (AvgIpc) is 3.31. The number of sulfonamides is 1. The van der Waals surface area contributed by atoms with Crippen LogP contribution in [-0.2, 0) is 10.0 Å². The van der Waals surface area contributed by atoms with Gasteiger partial charge >= 0.3 is 0 Å². The van der Waals surface area contributed by atoms with Crippen LogP contribution in [0.4, 0.5) is 17.3 Å². The molecule has 1 aliphatic heterocycles. The Hall–Kier alpha value is -2.89. The summed E-state index contributed by atoms with van der Waals surface area (Å²) in [5, 5.41) is 0. The van der Waals surface area contributed by atoms with Crippen molar-refractivity contribution in [1.82, 2.24) is 9.97 Å². The summed E-state index contributed by atoms with van der Waals surface area (Å²) < 4.78 is 35.3. The lowest BCUT2D eigenvalue weighted by atomic mass is 10.2. The molecule has 4 aromatic rings. The van der Waals surface area contributed by atoms with Crippen LogP contribution in [0.25, 0.3) is 11.0 Å². The molecule has 0 amide bonds. The number of rotatable bonds is 6. The molecule has 1 aliphatic rings. The largest absolute Gasteiger partial charge is 0.495 e. The number of para-hydroxylation sites is 4. The number of hydrogen-bond acceptors (Lipinski definition) is 8. The van der Waals surface area contributed by atoms with Crippen molar-refractivity contribution < 1.29 is 13.2 Å². The van der Waals surface area contributed by atoms with Crippen LogP contribution < -0.4 is 19.3 Å². The Kier molecular flexibility index (Phi) is 6.32. The molecular formula is C23H22BrN5O3S2. The van der Waals surface area contributed by atoms with E-state index < -0.39 is 10.0 Å². The molecule has 3 heterocycles. The second-order valence-electron chi connectivity index (χ2n) is 7.69. The van der Waals surface area contributed by atoms with Crippen LogP contribution in [0.3, 0.4) is 0 Å². The number of fused-ring (bicyclic) bond motifs is 1. The average molecular weight is 560 g/mol. The Bertz CT molecular complexity index is 1440. The molecule has 0 radical (unpaired) electrons. The van der Waals surface area contributed by atoms with Crippen LogP contribution in [0.2, 0.25) is 0 Å². The fraction of sp³-hybridized carbons (Fsp3) is 0.217. The summed E-state index contributed by atoms with van der Waals surface area (Å²) in [5.41, 5.74) is 2.38. The normalized spacial score (nSPS) is 14.4. The van der Waals surface area contributed by atoms with Gasteiger partial charge in [0.25, 0.3) is 10.0 Å². The molecule has 1 N–H and O–H groups in total. The molecule has 8 nitrogen and oxygen atoms in total. The highest BCUT2D eigenvalue weighted by molar-refractivity contribution is 9.11. The zero-order valence-corrected chi connectivity index (χ0v) is 21.5. The van der Waals surface area contributed by atoms with E-state index in [4.69, 9.17) is 9.72 Å². The van der Waals surface area contributed by atoms with Gasteiger partial charge in [0.2, 0.25) is 0 Å². The first-order valence-electron chi connectivity index (χ1n) is 10.6. The topological polar surface area (TPSA) is 87.7 Å². The second kappa shape index (κ2) is 9.40. The number of methoxy groups -OCH3 is 1. The smallest absolute Gasteiger partial charge is 0.272 e. The lowest BCUT2D eigenvalue weighted by Crippen LogP contribution is -2.47. The fourth-order valence-electron chi connectivity index (χ4n) is 3.95. The SMILES string of the molecule is COc1ccccc1N1CCN(c2nc3ccccc3nc2NS(=O)(=O)c2ccc(Br)s2)CC1. The van der Waals surface area contributed by atoms with E-state index in [1.807, 2.05) is 48.5 Å². The summed E-state index contributed by atoms with van der Waals surface area (Å²) in [6, 6.07) is 18.7. The van der Waals surface area contributed by atoms with Gasteiger partial charge in [-0.25, -0.2) is 18.4 Å². The van der Waals surface area contributed by atoms with E-state index >= 15 is 0 Å². The summed E-state index contributed by atoms with van der Waals surface area (Å²) in [6.07, 6.45) is 0. The fourth-order valence-corrected chi connectivity index (χ4v) is 6.96. The number of halogens is 1. The molecule has 34 heavy (non-hydrogen) atoms. The Morgan fingerprint density at radius 2 is 1.56 bits per heavy atom. The van der Waals surface area contributed by atoms with Gasteiger partial charge in [-0.2, -0.15) is 0 Å². The van der Waals surface area contributed by atoms with Gasteiger partial charge in [-0.1, -0.05) is 24.3 Å². The number of aromatic nitrogens is 2. The predicted octanol–water partition coefficient (Wildman–Crippen LogP) is 4.59. The first-order valence-corrected chi connectivity index (χ1v) is 13.7.